The van der Waals surface area contributed by atoms with Crippen LogP contribution in [0.25, 0.3) is 0 Å². The van der Waals surface area contributed by atoms with Crippen LogP contribution in [0.15, 0.2) is 48.8 Å². The Morgan fingerprint density at radius 1 is 1.08 bits per heavy atom. The minimum absolute atomic E-state index is 0.0730. The Morgan fingerprint density at radius 3 is 2.54 bits per heavy atom. The van der Waals surface area contributed by atoms with E-state index in [-0.39, 0.29) is 12.6 Å². The van der Waals surface area contributed by atoms with E-state index in [0.29, 0.717) is 5.75 Å². The average Bonchev–Trinajstić information content (AvgIpc) is 2.53. The molecule has 0 N–H and O–H groups in total. The summed E-state index contributed by atoms with van der Waals surface area (Å²) in [6.45, 7) is 5.45. The molecule has 0 saturated carbocycles. The van der Waals surface area contributed by atoms with Gasteiger partial charge in [-0.1, -0.05) is 18.2 Å². The minimum Gasteiger partial charge on any atom is -0.482 e. The minimum atomic E-state index is -0.491. The first kappa shape index (κ1) is 18.0. The van der Waals surface area contributed by atoms with Crippen LogP contribution in [0, 0.1) is 0 Å². The van der Waals surface area contributed by atoms with Crippen LogP contribution in [0.3, 0.4) is 0 Å². The number of hydrogen-bond acceptors (Lipinski definition) is 4. The van der Waals surface area contributed by atoms with Gasteiger partial charge in [0.05, 0.1) is 0 Å². The van der Waals surface area contributed by atoms with Crippen molar-refractivity contribution in [2.75, 3.05) is 6.61 Å². The normalized spacial score (nSPS) is 11.1. The second-order valence-electron chi connectivity index (χ2n) is 6.74. The Labute approximate surface area is 143 Å². The molecule has 1 heterocycles. The summed E-state index contributed by atoms with van der Waals surface area (Å²) < 4.78 is 10.8. The molecular weight excluding hydrogens is 302 g/mol. The molecule has 0 radical (unpaired) electrons. The maximum atomic E-state index is 11.7. The number of aryl methyl sites for hydroxylation is 2. The third-order valence-corrected chi connectivity index (χ3v) is 3.33. The van der Waals surface area contributed by atoms with Crippen molar-refractivity contribution in [1.82, 2.24) is 4.98 Å². The first-order valence-electron chi connectivity index (χ1n) is 8.25. The molecule has 0 saturated heterocycles. The number of hydrogen-bond donors (Lipinski definition) is 0. The van der Waals surface area contributed by atoms with Crippen molar-refractivity contribution in [3.63, 3.8) is 0 Å². The van der Waals surface area contributed by atoms with Gasteiger partial charge in [-0.05, 0) is 69.4 Å². The van der Waals surface area contributed by atoms with Crippen molar-refractivity contribution in [1.29, 1.82) is 0 Å². The van der Waals surface area contributed by atoms with Gasteiger partial charge in [-0.3, -0.25) is 4.98 Å². The van der Waals surface area contributed by atoms with E-state index in [0.717, 1.165) is 19.3 Å². The summed E-state index contributed by atoms with van der Waals surface area (Å²) in [7, 11) is 0. The van der Waals surface area contributed by atoms with E-state index in [9.17, 15) is 4.79 Å². The first-order valence-corrected chi connectivity index (χ1v) is 8.25. The fourth-order valence-corrected chi connectivity index (χ4v) is 2.35. The zero-order valence-electron chi connectivity index (χ0n) is 14.6. The number of benzene rings is 1. The van der Waals surface area contributed by atoms with Crippen LogP contribution >= 0.6 is 0 Å². The summed E-state index contributed by atoms with van der Waals surface area (Å²) in [6.07, 6.45) is 6.69. The molecule has 0 spiro atoms. The molecule has 0 aliphatic heterocycles. The van der Waals surface area contributed by atoms with Crippen LogP contribution in [-0.2, 0) is 22.4 Å². The quantitative estimate of drug-likeness (QED) is 0.722. The van der Waals surface area contributed by atoms with Gasteiger partial charge in [0, 0.05) is 12.4 Å². The number of carbonyl (C=O) groups is 1. The molecule has 0 aliphatic carbocycles. The van der Waals surface area contributed by atoms with E-state index in [4.69, 9.17) is 9.47 Å². The number of aromatic nitrogens is 1. The molecule has 0 amide bonds. The van der Waals surface area contributed by atoms with Gasteiger partial charge in [0.1, 0.15) is 11.4 Å². The highest BCUT2D eigenvalue weighted by atomic mass is 16.6. The van der Waals surface area contributed by atoms with Gasteiger partial charge in [0.25, 0.3) is 0 Å². The molecule has 2 aromatic rings. The number of pyridine rings is 1. The van der Waals surface area contributed by atoms with Gasteiger partial charge in [0.2, 0.25) is 0 Å². The molecule has 1 aromatic carbocycles. The van der Waals surface area contributed by atoms with Crippen LogP contribution < -0.4 is 4.74 Å². The molecule has 2 rings (SSSR count). The second-order valence-corrected chi connectivity index (χ2v) is 6.74. The molecule has 0 atom stereocenters. The summed E-state index contributed by atoms with van der Waals surface area (Å²) in [5.41, 5.74) is 1.95. The van der Waals surface area contributed by atoms with Gasteiger partial charge in [-0.25, -0.2) is 4.79 Å². The van der Waals surface area contributed by atoms with Crippen LogP contribution in [0.1, 0.15) is 38.3 Å². The lowest BCUT2D eigenvalue weighted by atomic mass is 10.1. The fraction of sp³-hybridized carbons (Fsp3) is 0.400. The van der Waals surface area contributed by atoms with Gasteiger partial charge >= 0.3 is 5.97 Å². The first-order chi connectivity index (χ1) is 11.4. The van der Waals surface area contributed by atoms with Gasteiger partial charge in [-0.2, -0.15) is 0 Å². The Balaban J connectivity index is 1.79. The maximum Gasteiger partial charge on any atom is 0.344 e. The van der Waals surface area contributed by atoms with E-state index < -0.39 is 5.60 Å². The maximum absolute atomic E-state index is 11.7. The molecule has 4 heteroatoms. The van der Waals surface area contributed by atoms with Crippen molar-refractivity contribution in [3.8, 4) is 5.75 Å². The van der Waals surface area contributed by atoms with Gasteiger partial charge in [-0.15, -0.1) is 0 Å². The highest BCUT2D eigenvalue weighted by Crippen LogP contribution is 2.16. The number of nitrogens with zero attached hydrogens (tertiary/aromatic N) is 1. The van der Waals surface area contributed by atoms with E-state index in [2.05, 4.69) is 17.1 Å². The highest BCUT2D eigenvalue weighted by molar-refractivity contribution is 5.71. The summed E-state index contributed by atoms with van der Waals surface area (Å²) in [6, 6.07) is 11.9. The van der Waals surface area contributed by atoms with Crippen molar-refractivity contribution in [2.45, 2.75) is 45.6 Å². The molecule has 24 heavy (non-hydrogen) atoms. The number of carbonyl (C=O) groups excluding carboxylic acids is 1. The Hall–Kier alpha value is -2.36. The molecular formula is C20H25NO3. The van der Waals surface area contributed by atoms with E-state index >= 15 is 0 Å². The van der Waals surface area contributed by atoms with Crippen LogP contribution in [0.2, 0.25) is 0 Å². The number of ether oxygens (including phenoxy) is 2. The summed E-state index contributed by atoms with van der Waals surface area (Å²) in [5.74, 6) is 0.337. The van der Waals surface area contributed by atoms with Crippen molar-refractivity contribution in [2.24, 2.45) is 0 Å². The number of rotatable bonds is 7. The predicted octanol–water partition coefficient (Wildman–Crippen LogP) is 3.98. The van der Waals surface area contributed by atoms with Crippen LogP contribution in [0.4, 0.5) is 0 Å². The molecule has 0 bridgehead atoms. The van der Waals surface area contributed by atoms with E-state index in [1.54, 1.807) is 6.20 Å². The third kappa shape index (κ3) is 6.82. The van der Waals surface area contributed by atoms with Crippen molar-refractivity contribution in [3.05, 3.63) is 59.9 Å². The Morgan fingerprint density at radius 2 is 1.83 bits per heavy atom. The third-order valence-electron chi connectivity index (χ3n) is 3.33. The van der Waals surface area contributed by atoms with Crippen molar-refractivity contribution >= 4 is 5.97 Å². The fourth-order valence-electron chi connectivity index (χ4n) is 2.35. The largest absolute Gasteiger partial charge is 0.482 e. The zero-order valence-corrected chi connectivity index (χ0v) is 14.6. The van der Waals surface area contributed by atoms with E-state index in [1.807, 2.05) is 51.2 Å². The Bertz CT molecular complexity index is 647. The molecule has 0 aliphatic rings. The standard InChI is InChI=1S/C20H25NO3/c1-20(2,3)24-19(22)15-23-18-11-5-8-16(13-18)7-4-9-17-10-6-12-21-14-17/h5-6,8,10-14H,4,7,9,15H2,1-3H3. The second kappa shape index (κ2) is 8.48. The van der Waals surface area contributed by atoms with Crippen LogP contribution in [-0.4, -0.2) is 23.2 Å². The zero-order chi connectivity index (χ0) is 17.4. The lowest BCUT2D eigenvalue weighted by molar-refractivity contribution is -0.157. The van der Waals surface area contributed by atoms with E-state index in [1.165, 1.54) is 11.1 Å². The lowest BCUT2D eigenvalue weighted by Crippen LogP contribution is -2.27. The van der Waals surface area contributed by atoms with Gasteiger partial charge in [0.15, 0.2) is 6.61 Å². The molecule has 128 valence electrons. The molecule has 0 fully saturated rings. The summed E-state index contributed by atoms with van der Waals surface area (Å²) in [5, 5.41) is 0. The van der Waals surface area contributed by atoms with Crippen molar-refractivity contribution < 1.29 is 14.3 Å². The van der Waals surface area contributed by atoms with Gasteiger partial charge < -0.3 is 9.47 Å². The highest BCUT2D eigenvalue weighted by Gasteiger charge is 2.16. The molecule has 1 aromatic heterocycles. The smallest absolute Gasteiger partial charge is 0.344 e. The SMILES string of the molecule is CC(C)(C)OC(=O)COc1cccc(CCCc2cccnc2)c1. The van der Waals surface area contributed by atoms with Crippen LogP contribution in [0.5, 0.6) is 5.75 Å². The molecule has 0 unspecified atom stereocenters. The average molecular weight is 327 g/mol. The topological polar surface area (TPSA) is 48.4 Å². The monoisotopic (exact) mass is 327 g/mol. The Kier molecular flexibility index (Phi) is 6.36. The molecule has 4 nitrogen and oxygen atoms in total. The predicted molar refractivity (Wildman–Crippen MR) is 94.0 cm³/mol. The number of esters is 1. The lowest BCUT2D eigenvalue weighted by Gasteiger charge is -2.19. The summed E-state index contributed by atoms with van der Waals surface area (Å²) in [4.78, 5) is 15.8. The summed E-state index contributed by atoms with van der Waals surface area (Å²) >= 11 is 0.